The third-order valence-corrected chi connectivity index (χ3v) is 0.802. The first kappa shape index (κ1) is 5.04. The van der Waals surface area contributed by atoms with Gasteiger partial charge in [0.15, 0.2) is 0 Å². The molecule has 0 radical (unpaired) electrons. The highest BCUT2D eigenvalue weighted by atomic mass is 16.3. The molecule has 0 atom stereocenters. The van der Waals surface area contributed by atoms with E-state index in [1.165, 1.54) is 0 Å². The van der Waals surface area contributed by atoms with E-state index in [9.17, 15) is 0 Å². The van der Waals surface area contributed by atoms with Crippen LogP contribution >= 0.6 is 0 Å². The number of aliphatic hydroxyl groups excluding tert-OH is 1. The first-order valence-electron chi connectivity index (χ1n) is 2.11. The highest BCUT2D eigenvalue weighted by molar-refractivity contribution is 5.30. The average Bonchev–Trinajstić information content (AvgIpc) is 2.14. The summed E-state index contributed by atoms with van der Waals surface area (Å²) in [7, 11) is 0. The number of rotatable bonds is 1. The second-order valence-corrected chi connectivity index (χ2v) is 1.33. The van der Waals surface area contributed by atoms with Crippen molar-refractivity contribution >= 4 is 5.82 Å². The third-order valence-electron chi connectivity index (χ3n) is 0.802. The molecule has 44 valence electrons. The number of aromatic nitrogens is 3. The van der Waals surface area contributed by atoms with Gasteiger partial charge < -0.3 is 10.8 Å². The van der Waals surface area contributed by atoms with E-state index < -0.39 is 0 Å². The Morgan fingerprint density at radius 1 is 1.75 bits per heavy atom. The van der Waals surface area contributed by atoms with Crippen LogP contribution in [0.25, 0.3) is 0 Å². The zero-order valence-corrected chi connectivity index (χ0v) is 4.13. The van der Waals surface area contributed by atoms with Crippen molar-refractivity contribution in [1.82, 2.24) is 15.4 Å². The Labute approximate surface area is 45.5 Å². The fraction of sp³-hybridized carbons (Fsp3) is 0.333. The minimum atomic E-state index is -0.164. The summed E-state index contributed by atoms with van der Waals surface area (Å²) >= 11 is 0. The van der Waals surface area contributed by atoms with E-state index in [0.29, 0.717) is 11.5 Å². The second-order valence-electron chi connectivity index (χ2n) is 1.33. The van der Waals surface area contributed by atoms with Gasteiger partial charge in [-0.2, -0.15) is 0 Å². The number of aliphatic hydroxyl groups is 1. The molecule has 0 aliphatic carbocycles. The Morgan fingerprint density at radius 3 is 2.75 bits per heavy atom. The Morgan fingerprint density at radius 2 is 2.50 bits per heavy atom. The number of nitrogens with zero attached hydrogens (tertiary/aromatic N) is 2. The van der Waals surface area contributed by atoms with Gasteiger partial charge >= 0.3 is 0 Å². The minimum Gasteiger partial charge on any atom is -0.390 e. The molecular formula is C3H6N4O. The van der Waals surface area contributed by atoms with Gasteiger partial charge in [0.25, 0.3) is 0 Å². The Balaban J connectivity index is 2.92. The van der Waals surface area contributed by atoms with Crippen LogP contribution in [0.1, 0.15) is 5.69 Å². The lowest BCUT2D eigenvalue weighted by atomic mass is 10.5. The van der Waals surface area contributed by atoms with Gasteiger partial charge in [-0.05, 0) is 0 Å². The number of aromatic amines is 1. The molecule has 5 heteroatoms. The number of anilines is 1. The van der Waals surface area contributed by atoms with Crippen LogP contribution in [0.15, 0.2) is 0 Å². The van der Waals surface area contributed by atoms with Crippen LogP contribution in [0.5, 0.6) is 0 Å². The predicted octanol–water partition coefficient (Wildman–Crippen LogP) is -1.12. The molecule has 0 saturated heterocycles. The lowest BCUT2D eigenvalue weighted by Crippen LogP contribution is -1.91. The zero-order chi connectivity index (χ0) is 5.98. The Kier molecular flexibility index (Phi) is 1.13. The molecule has 1 aromatic heterocycles. The van der Waals surface area contributed by atoms with Crippen molar-refractivity contribution in [3.05, 3.63) is 5.69 Å². The van der Waals surface area contributed by atoms with E-state index >= 15 is 0 Å². The maximum absolute atomic E-state index is 8.40. The summed E-state index contributed by atoms with van der Waals surface area (Å²) in [4.78, 5) is 0. The van der Waals surface area contributed by atoms with Crippen molar-refractivity contribution in [1.29, 1.82) is 0 Å². The summed E-state index contributed by atoms with van der Waals surface area (Å²) in [6.45, 7) is -0.164. The zero-order valence-electron chi connectivity index (χ0n) is 4.13. The minimum absolute atomic E-state index is 0.164. The average molecular weight is 114 g/mol. The number of nitrogen functional groups attached to an aromatic ring is 1. The van der Waals surface area contributed by atoms with Crippen molar-refractivity contribution in [3.63, 3.8) is 0 Å². The molecule has 0 amide bonds. The van der Waals surface area contributed by atoms with E-state index in [1.54, 1.807) is 0 Å². The number of H-pyrrole nitrogens is 1. The first-order chi connectivity index (χ1) is 3.84. The van der Waals surface area contributed by atoms with Gasteiger partial charge in [-0.25, -0.2) is 5.10 Å². The van der Waals surface area contributed by atoms with Crippen molar-refractivity contribution in [2.24, 2.45) is 0 Å². The van der Waals surface area contributed by atoms with E-state index in [2.05, 4.69) is 15.4 Å². The monoisotopic (exact) mass is 114 g/mol. The molecule has 0 bridgehead atoms. The normalized spacial score (nSPS) is 9.62. The van der Waals surface area contributed by atoms with Gasteiger partial charge in [-0.3, -0.25) is 0 Å². The molecular weight excluding hydrogens is 108 g/mol. The summed E-state index contributed by atoms with van der Waals surface area (Å²) in [6, 6.07) is 0. The number of nitrogens with two attached hydrogens (primary N) is 1. The molecule has 4 N–H and O–H groups in total. The van der Waals surface area contributed by atoms with Crippen LogP contribution in [-0.4, -0.2) is 20.5 Å². The third kappa shape index (κ3) is 0.627. The molecule has 0 fully saturated rings. The highest BCUT2D eigenvalue weighted by Crippen LogP contribution is 1.98. The smallest absolute Gasteiger partial charge is 0.145 e. The SMILES string of the molecule is Nc1[nH]nnc1CO. The van der Waals surface area contributed by atoms with Crippen LogP contribution in [0.2, 0.25) is 0 Å². The van der Waals surface area contributed by atoms with E-state index in [-0.39, 0.29) is 6.61 Å². The summed E-state index contributed by atoms with van der Waals surface area (Å²) < 4.78 is 0. The number of hydrogen-bond donors (Lipinski definition) is 3. The van der Waals surface area contributed by atoms with Gasteiger partial charge in [0, 0.05) is 0 Å². The van der Waals surface area contributed by atoms with Crippen molar-refractivity contribution < 1.29 is 5.11 Å². The number of hydrogen-bond acceptors (Lipinski definition) is 4. The summed E-state index contributed by atoms with van der Waals surface area (Å²) in [6.07, 6.45) is 0. The van der Waals surface area contributed by atoms with Crippen LogP contribution in [0.4, 0.5) is 5.82 Å². The molecule has 1 rings (SSSR count). The standard InChI is InChI=1S/C3H6N4O/c4-3-2(1-8)5-7-6-3/h8H,1H2,(H3,4,5,6,7). The summed E-state index contributed by atoms with van der Waals surface area (Å²) in [5.41, 5.74) is 5.60. The van der Waals surface area contributed by atoms with Crippen LogP contribution in [0, 0.1) is 0 Å². The molecule has 5 nitrogen and oxygen atoms in total. The fourth-order valence-electron chi connectivity index (χ4n) is 0.374. The van der Waals surface area contributed by atoms with Crippen LogP contribution in [0.3, 0.4) is 0 Å². The first-order valence-corrected chi connectivity index (χ1v) is 2.11. The maximum atomic E-state index is 8.40. The van der Waals surface area contributed by atoms with Crippen molar-refractivity contribution in [2.75, 3.05) is 5.73 Å². The van der Waals surface area contributed by atoms with Gasteiger partial charge in [0.05, 0.1) is 6.61 Å². The largest absolute Gasteiger partial charge is 0.390 e. The second kappa shape index (κ2) is 1.79. The van der Waals surface area contributed by atoms with Crippen LogP contribution < -0.4 is 5.73 Å². The molecule has 0 unspecified atom stereocenters. The van der Waals surface area contributed by atoms with Gasteiger partial charge in [0.1, 0.15) is 11.5 Å². The van der Waals surface area contributed by atoms with Gasteiger partial charge in [-0.15, -0.1) is 5.10 Å². The Bertz CT molecular complexity index is 172. The van der Waals surface area contributed by atoms with E-state index in [1.807, 2.05) is 0 Å². The topological polar surface area (TPSA) is 87.8 Å². The quantitative estimate of drug-likeness (QED) is 0.431. The highest BCUT2D eigenvalue weighted by Gasteiger charge is 1.97. The van der Waals surface area contributed by atoms with Crippen molar-refractivity contribution in [3.8, 4) is 0 Å². The van der Waals surface area contributed by atoms with Crippen molar-refractivity contribution in [2.45, 2.75) is 6.61 Å². The van der Waals surface area contributed by atoms with Crippen LogP contribution in [-0.2, 0) is 6.61 Å². The lowest BCUT2D eigenvalue weighted by Gasteiger charge is -1.83. The molecule has 0 spiro atoms. The van der Waals surface area contributed by atoms with E-state index in [4.69, 9.17) is 10.8 Å². The molecule has 0 saturated carbocycles. The molecule has 1 heterocycles. The molecule has 8 heavy (non-hydrogen) atoms. The maximum Gasteiger partial charge on any atom is 0.145 e. The fourth-order valence-corrected chi connectivity index (χ4v) is 0.374. The van der Waals surface area contributed by atoms with Gasteiger partial charge in [0.2, 0.25) is 0 Å². The summed E-state index contributed by atoms with van der Waals surface area (Å²) in [5, 5.41) is 17.6. The van der Waals surface area contributed by atoms with Gasteiger partial charge in [-0.1, -0.05) is 5.21 Å². The Hall–Kier alpha value is -1.10. The lowest BCUT2D eigenvalue weighted by molar-refractivity contribution is 0.277. The molecule has 0 aliphatic heterocycles. The predicted molar refractivity (Wildman–Crippen MR) is 26.7 cm³/mol. The number of nitrogens with one attached hydrogen (secondary N) is 1. The molecule has 1 aromatic rings. The molecule has 0 aliphatic rings. The summed E-state index contributed by atoms with van der Waals surface area (Å²) in [5.74, 6) is 0.326. The van der Waals surface area contributed by atoms with E-state index in [0.717, 1.165) is 0 Å². The molecule has 0 aromatic carbocycles.